The Labute approximate surface area is 167 Å². The van der Waals surface area contributed by atoms with Gasteiger partial charge < -0.3 is 9.47 Å². The highest BCUT2D eigenvalue weighted by atomic mass is 16.5. The average Bonchev–Trinajstić information content (AvgIpc) is 2.74. The molecular weight excluding hydrogens is 352 g/mol. The van der Waals surface area contributed by atoms with Gasteiger partial charge in [-0.1, -0.05) is 74.5 Å². The van der Waals surface area contributed by atoms with Gasteiger partial charge in [-0.25, -0.2) is 0 Å². The van der Waals surface area contributed by atoms with Crippen LogP contribution in [-0.2, 0) is 19.1 Å². The Morgan fingerprint density at radius 1 is 0.679 bits per heavy atom. The molecule has 0 aromatic heterocycles. The van der Waals surface area contributed by atoms with Gasteiger partial charge in [0.15, 0.2) is 0 Å². The first-order valence-electron chi connectivity index (χ1n) is 10.0. The highest BCUT2D eigenvalue weighted by Crippen LogP contribution is 2.21. The van der Waals surface area contributed by atoms with Crippen LogP contribution in [0.3, 0.4) is 0 Å². The zero-order valence-corrected chi connectivity index (χ0v) is 16.8. The van der Waals surface area contributed by atoms with Gasteiger partial charge in [0, 0.05) is 11.8 Å². The van der Waals surface area contributed by atoms with Crippen LogP contribution in [0.25, 0.3) is 0 Å². The van der Waals surface area contributed by atoms with Crippen molar-refractivity contribution in [1.29, 1.82) is 0 Å². The van der Waals surface area contributed by atoms with Crippen LogP contribution >= 0.6 is 0 Å². The van der Waals surface area contributed by atoms with Crippen LogP contribution < -0.4 is 0 Å². The van der Waals surface area contributed by atoms with Crippen LogP contribution in [0.1, 0.15) is 62.5 Å². The van der Waals surface area contributed by atoms with Crippen molar-refractivity contribution >= 4 is 11.9 Å². The second kappa shape index (κ2) is 12.0. The van der Waals surface area contributed by atoms with Gasteiger partial charge in [-0.15, -0.1) is 0 Å². The first-order valence-corrected chi connectivity index (χ1v) is 10.0. The molecule has 4 nitrogen and oxygen atoms in total. The largest absolute Gasteiger partial charge is 0.465 e. The molecule has 28 heavy (non-hydrogen) atoms. The molecule has 2 rings (SSSR count). The van der Waals surface area contributed by atoms with Crippen LogP contribution in [0.2, 0.25) is 0 Å². The lowest BCUT2D eigenvalue weighted by atomic mass is 9.97. The van der Waals surface area contributed by atoms with Crippen molar-refractivity contribution < 1.29 is 19.1 Å². The smallest absolute Gasteiger partial charge is 0.306 e. The normalized spacial score (nSPS) is 12.8. The fraction of sp³-hybridized carbons (Fsp3) is 0.417. The molecule has 0 fully saturated rings. The van der Waals surface area contributed by atoms with E-state index in [0.717, 1.165) is 24.0 Å². The van der Waals surface area contributed by atoms with Gasteiger partial charge >= 0.3 is 11.9 Å². The molecule has 4 heteroatoms. The first kappa shape index (κ1) is 21.7. The molecule has 0 aliphatic rings. The summed E-state index contributed by atoms with van der Waals surface area (Å²) in [5, 5.41) is 0. The topological polar surface area (TPSA) is 52.6 Å². The fourth-order valence-electron chi connectivity index (χ4n) is 3.09. The minimum atomic E-state index is -0.360. The molecule has 150 valence electrons. The Balaban J connectivity index is 1.69. The van der Waals surface area contributed by atoms with Crippen molar-refractivity contribution in [2.75, 3.05) is 13.2 Å². The fourth-order valence-corrected chi connectivity index (χ4v) is 3.09. The quantitative estimate of drug-likeness (QED) is 0.499. The number of hydrogen-bond acceptors (Lipinski definition) is 4. The standard InChI is InChI=1S/C24H30O4/c1-3-19(21-11-7-5-8-12-21)17-27-23(25)15-16-24(26)28-18-20(4-2)22-13-9-6-10-14-22/h5-14,19-20H,3-4,15-18H2,1-2H3. The second-order valence-corrected chi connectivity index (χ2v) is 6.90. The maximum Gasteiger partial charge on any atom is 0.306 e. The van der Waals surface area contributed by atoms with Crippen LogP contribution in [-0.4, -0.2) is 25.2 Å². The Morgan fingerprint density at radius 2 is 1.04 bits per heavy atom. The van der Waals surface area contributed by atoms with E-state index in [9.17, 15) is 9.59 Å². The Hall–Kier alpha value is -2.62. The molecule has 2 aromatic rings. The van der Waals surface area contributed by atoms with E-state index in [-0.39, 0.29) is 36.6 Å². The summed E-state index contributed by atoms with van der Waals surface area (Å²) in [5.41, 5.74) is 2.31. The minimum Gasteiger partial charge on any atom is -0.465 e. The molecule has 2 atom stereocenters. The summed E-state index contributed by atoms with van der Waals surface area (Å²) in [4.78, 5) is 24.0. The van der Waals surface area contributed by atoms with Crippen molar-refractivity contribution in [1.82, 2.24) is 0 Å². The maximum atomic E-state index is 12.0. The third-order valence-corrected chi connectivity index (χ3v) is 4.95. The van der Waals surface area contributed by atoms with Gasteiger partial charge in [0.2, 0.25) is 0 Å². The molecule has 0 heterocycles. The van der Waals surface area contributed by atoms with E-state index in [1.165, 1.54) is 0 Å². The molecule has 2 unspecified atom stereocenters. The van der Waals surface area contributed by atoms with E-state index in [2.05, 4.69) is 13.8 Å². The molecule has 0 saturated carbocycles. The summed E-state index contributed by atoms with van der Waals surface area (Å²) >= 11 is 0. The van der Waals surface area contributed by atoms with Crippen LogP contribution in [0, 0.1) is 0 Å². The Bertz CT molecular complexity index is 648. The third-order valence-electron chi connectivity index (χ3n) is 4.95. The number of rotatable bonds is 11. The molecule has 0 radical (unpaired) electrons. The van der Waals surface area contributed by atoms with Gasteiger partial charge in [0.05, 0.1) is 26.1 Å². The number of benzene rings is 2. The zero-order chi connectivity index (χ0) is 20.2. The summed E-state index contributed by atoms with van der Waals surface area (Å²) in [5.74, 6) is -0.371. The summed E-state index contributed by atoms with van der Waals surface area (Å²) < 4.78 is 10.7. The average molecular weight is 382 g/mol. The summed E-state index contributed by atoms with van der Waals surface area (Å²) in [6.07, 6.45) is 1.87. The highest BCUT2D eigenvalue weighted by molar-refractivity contribution is 5.77. The first-order chi connectivity index (χ1) is 13.6. The molecule has 0 amide bonds. The molecule has 0 bridgehead atoms. The van der Waals surface area contributed by atoms with E-state index < -0.39 is 0 Å². The maximum absolute atomic E-state index is 12.0. The summed E-state index contributed by atoms with van der Waals surface area (Å²) in [6.45, 7) is 4.81. The highest BCUT2D eigenvalue weighted by Gasteiger charge is 2.16. The summed E-state index contributed by atoms with van der Waals surface area (Å²) in [6, 6.07) is 20.0. The van der Waals surface area contributed by atoms with E-state index in [1.54, 1.807) is 0 Å². The predicted molar refractivity (Wildman–Crippen MR) is 110 cm³/mol. The number of carbonyl (C=O) groups is 2. The number of esters is 2. The lowest BCUT2D eigenvalue weighted by molar-refractivity contribution is -0.151. The van der Waals surface area contributed by atoms with Crippen LogP contribution in [0.5, 0.6) is 0 Å². The van der Waals surface area contributed by atoms with Crippen molar-refractivity contribution in [2.45, 2.75) is 51.4 Å². The van der Waals surface area contributed by atoms with E-state index in [4.69, 9.17) is 9.47 Å². The molecule has 2 aromatic carbocycles. The monoisotopic (exact) mass is 382 g/mol. The van der Waals surface area contributed by atoms with Gasteiger partial charge in [-0.3, -0.25) is 9.59 Å². The number of carbonyl (C=O) groups excluding carboxylic acids is 2. The lowest BCUT2D eigenvalue weighted by Crippen LogP contribution is -2.16. The van der Waals surface area contributed by atoms with E-state index >= 15 is 0 Å². The number of hydrogen-bond donors (Lipinski definition) is 0. The van der Waals surface area contributed by atoms with Crippen molar-refractivity contribution in [3.8, 4) is 0 Å². The van der Waals surface area contributed by atoms with Gasteiger partial charge in [-0.05, 0) is 24.0 Å². The SMILES string of the molecule is CCC(COC(=O)CCC(=O)OCC(CC)c1ccccc1)c1ccccc1. The number of ether oxygens (including phenoxy) is 2. The molecule has 0 aliphatic heterocycles. The Kier molecular flexibility index (Phi) is 9.26. The molecule has 0 saturated heterocycles. The second-order valence-electron chi connectivity index (χ2n) is 6.90. The molecular formula is C24H30O4. The van der Waals surface area contributed by atoms with Crippen molar-refractivity contribution in [3.05, 3.63) is 71.8 Å². The minimum absolute atomic E-state index is 0.0478. The van der Waals surface area contributed by atoms with Crippen LogP contribution in [0.4, 0.5) is 0 Å². The van der Waals surface area contributed by atoms with E-state index in [0.29, 0.717) is 13.2 Å². The lowest BCUT2D eigenvalue weighted by Gasteiger charge is -2.16. The van der Waals surface area contributed by atoms with Crippen molar-refractivity contribution in [3.63, 3.8) is 0 Å². The third kappa shape index (κ3) is 7.18. The predicted octanol–water partition coefficient (Wildman–Crippen LogP) is 5.24. The van der Waals surface area contributed by atoms with Gasteiger partial charge in [0.1, 0.15) is 0 Å². The zero-order valence-electron chi connectivity index (χ0n) is 16.8. The van der Waals surface area contributed by atoms with Gasteiger partial charge in [0.25, 0.3) is 0 Å². The van der Waals surface area contributed by atoms with Crippen LogP contribution in [0.15, 0.2) is 60.7 Å². The van der Waals surface area contributed by atoms with E-state index in [1.807, 2.05) is 60.7 Å². The molecule has 0 spiro atoms. The Morgan fingerprint density at radius 3 is 1.36 bits per heavy atom. The molecule has 0 N–H and O–H groups in total. The van der Waals surface area contributed by atoms with Gasteiger partial charge in [-0.2, -0.15) is 0 Å². The van der Waals surface area contributed by atoms with Crippen molar-refractivity contribution in [2.24, 2.45) is 0 Å². The summed E-state index contributed by atoms with van der Waals surface area (Å²) in [7, 11) is 0. The molecule has 0 aliphatic carbocycles.